The van der Waals surface area contributed by atoms with E-state index in [1.54, 1.807) is 41.9 Å². The molecule has 1 aliphatic rings. The number of carbonyl (C=O) groups is 1. The first-order valence-corrected chi connectivity index (χ1v) is 12.2. The monoisotopic (exact) mass is 490 g/mol. The van der Waals surface area contributed by atoms with E-state index in [1.165, 1.54) is 29.0 Å². The summed E-state index contributed by atoms with van der Waals surface area (Å²) in [7, 11) is -2.11. The average Bonchev–Trinajstić information content (AvgIpc) is 3.40. The van der Waals surface area contributed by atoms with Gasteiger partial charge < -0.3 is 9.88 Å². The van der Waals surface area contributed by atoms with Gasteiger partial charge in [0.1, 0.15) is 5.82 Å². The van der Waals surface area contributed by atoms with E-state index in [9.17, 15) is 17.6 Å². The third-order valence-electron chi connectivity index (χ3n) is 5.89. The average molecular weight is 491 g/mol. The molecule has 0 spiro atoms. The fraction of sp³-hybridized carbons (Fsp3) is 0.304. The lowest BCUT2D eigenvalue weighted by molar-refractivity contribution is 0.0947. The topological polar surface area (TPSA) is 84.3 Å². The molecular weight excluding hydrogens is 467 g/mol. The van der Waals surface area contributed by atoms with E-state index < -0.39 is 10.0 Å². The number of halogens is 2. The Morgan fingerprint density at radius 2 is 1.94 bits per heavy atom. The largest absolute Gasteiger partial charge is 0.352 e. The number of nitrogens with one attached hydrogen (secondary N) is 1. The highest BCUT2D eigenvalue weighted by molar-refractivity contribution is 7.89. The van der Waals surface area contributed by atoms with Crippen molar-refractivity contribution in [3.05, 3.63) is 82.5 Å². The molecule has 0 aliphatic carbocycles. The maximum atomic E-state index is 13.5. The summed E-state index contributed by atoms with van der Waals surface area (Å²) in [5.41, 5.74) is 2.11. The fourth-order valence-corrected chi connectivity index (χ4v) is 5.91. The number of aromatic nitrogens is 2. The lowest BCUT2D eigenvalue weighted by atomic mass is 9.89. The van der Waals surface area contributed by atoms with Gasteiger partial charge in [0.25, 0.3) is 15.9 Å². The third-order valence-corrected chi connectivity index (χ3v) is 7.92. The Hall–Kier alpha value is -2.75. The Kier molecular flexibility index (Phi) is 6.56. The van der Waals surface area contributed by atoms with Gasteiger partial charge in [0.15, 0.2) is 5.03 Å². The van der Waals surface area contributed by atoms with Crippen molar-refractivity contribution in [2.45, 2.75) is 17.9 Å². The minimum Gasteiger partial charge on any atom is -0.352 e. The Labute approximate surface area is 197 Å². The number of carbonyl (C=O) groups excluding carboxylic acids is 1. The van der Waals surface area contributed by atoms with Crippen LogP contribution in [0.1, 0.15) is 27.4 Å². The Morgan fingerprint density at radius 1 is 1.21 bits per heavy atom. The summed E-state index contributed by atoms with van der Waals surface area (Å²) in [6.45, 7) is 2.52. The lowest BCUT2D eigenvalue weighted by Crippen LogP contribution is -2.33. The van der Waals surface area contributed by atoms with Gasteiger partial charge in [-0.15, -0.1) is 0 Å². The Bertz CT molecular complexity index is 1280. The molecule has 10 heteroatoms. The number of hydrogen-bond acceptors (Lipinski definition) is 4. The first-order valence-electron chi connectivity index (χ1n) is 10.4. The minimum atomic E-state index is -3.81. The van der Waals surface area contributed by atoms with Crippen molar-refractivity contribution >= 4 is 27.5 Å². The molecule has 0 bridgehead atoms. The van der Waals surface area contributed by atoms with Crippen molar-refractivity contribution in [2.24, 2.45) is 13.0 Å². The molecule has 1 aromatic heterocycles. The lowest BCUT2D eigenvalue weighted by Gasteiger charge is -2.19. The standard InChI is InChI=1S/C23H24ClFN4O3S/c1-15-3-8-19(21(24)9-15)23(30)26-10-17-11-29(33(31,32)22-13-28(2)14-27-22)12-20(17)16-4-6-18(25)7-5-16/h3-9,13-14,17,20H,10-12H2,1-2H3,(H,26,30)/t17-,20+/m0/s1. The molecular formula is C23H24ClFN4O3S. The van der Waals surface area contributed by atoms with Crippen LogP contribution in [0.3, 0.4) is 0 Å². The van der Waals surface area contributed by atoms with E-state index >= 15 is 0 Å². The molecule has 33 heavy (non-hydrogen) atoms. The maximum Gasteiger partial charge on any atom is 0.262 e. The molecule has 0 radical (unpaired) electrons. The number of sulfonamides is 1. The van der Waals surface area contributed by atoms with Gasteiger partial charge in [-0.05, 0) is 48.2 Å². The Balaban J connectivity index is 1.56. The fourth-order valence-electron chi connectivity index (χ4n) is 4.10. The maximum absolute atomic E-state index is 13.5. The van der Waals surface area contributed by atoms with Gasteiger partial charge in [-0.1, -0.05) is 29.8 Å². The van der Waals surface area contributed by atoms with Crippen molar-refractivity contribution in [3.8, 4) is 0 Å². The molecule has 1 fully saturated rings. The molecule has 0 saturated carbocycles. The van der Waals surface area contributed by atoms with Crippen LogP contribution in [0.25, 0.3) is 0 Å². The molecule has 2 atom stereocenters. The molecule has 1 N–H and O–H groups in total. The van der Waals surface area contributed by atoms with Crippen LogP contribution in [0.4, 0.5) is 4.39 Å². The molecule has 4 rings (SSSR count). The second-order valence-electron chi connectivity index (χ2n) is 8.31. The smallest absolute Gasteiger partial charge is 0.262 e. The van der Waals surface area contributed by atoms with Crippen molar-refractivity contribution in [1.82, 2.24) is 19.2 Å². The highest BCUT2D eigenvalue weighted by Crippen LogP contribution is 2.35. The van der Waals surface area contributed by atoms with E-state index in [0.29, 0.717) is 10.6 Å². The Morgan fingerprint density at radius 3 is 2.58 bits per heavy atom. The van der Waals surface area contributed by atoms with Crippen LogP contribution in [-0.4, -0.2) is 47.8 Å². The zero-order valence-corrected chi connectivity index (χ0v) is 19.8. The van der Waals surface area contributed by atoms with Crippen LogP contribution < -0.4 is 5.32 Å². The number of nitrogens with zero attached hydrogens (tertiary/aromatic N) is 3. The predicted molar refractivity (Wildman–Crippen MR) is 123 cm³/mol. The number of hydrogen-bond donors (Lipinski definition) is 1. The molecule has 2 aromatic carbocycles. The van der Waals surface area contributed by atoms with Crippen LogP contribution in [0.15, 0.2) is 60.0 Å². The summed E-state index contributed by atoms with van der Waals surface area (Å²) in [6.07, 6.45) is 2.89. The van der Waals surface area contributed by atoms with Crippen LogP contribution in [0.2, 0.25) is 5.02 Å². The molecule has 174 valence electrons. The zero-order valence-electron chi connectivity index (χ0n) is 18.2. The minimum absolute atomic E-state index is 0.0287. The van der Waals surface area contributed by atoms with Gasteiger partial charge in [0.2, 0.25) is 0 Å². The molecule has 2 heterocycles. The van der Waals surface area contributed by atoms with Gasteiger partial charge in [-0.2, -0.15) is 4.31 Å². The number of imidazole rings is 1. The van der Waals surface area contributed by atoms with E-state index in [-0.39, 0.29) is 48.2 Å². The van der Waals surface area contributed by atoms with Gasteiger partial charge >= 0.3 is 0 Å². The van der Waals surface area contributed by atoms with Crippen LogP contribution in [-0.2, 0) is 17.1 Å². The van der Waals surface area contributed by atoms with Crippen LogP contribution in [0, 0.1) is 18.7 Å². The van der Waals surface area contributed by atoms with Crippen molar-refractivity contribution in [1.29, 1.82) is 0 Å². The molecule has 3 aromatic rings. The van der Waals surface area contributed by atoms with Gasteiger partial charge in [0.05, 0.1) is 16.9 Å². The van der Waals surface area contributed by atoms with E-state index in [1.807, 2.05) is 6.92 Å². The second kappa shape index (κ2) is 9.24. The van der Waals surface area contributed by atoms with E-state index in [4.69, 9.17) is 11.6 Å². The van der Waals surface area contributed by atoms with Crippen molar-refractivity contribution in [2.75, 3.05) is 19.6 Å². The summed E-state index contributed by atoms with van der Waals surface area (Å²) < 4.78 is 42.7. The highest BCUT2D eigenvalue weighted by atomic mass is 35.5. The molecule has 1 aliphatic heterocycles. The summed E-state index contributed by atoms with van der Waals surface area (Å²) in [6, 6.07) is 11.2. The molecule has 1 amide bonds. The normalized spacial score (nSPS) is 19.0. The van der Waals surface area contributed by atoms with Crippen molar-refractivity contribution < 1.29 is 17.6 Å². The first kappa shape index (κ1) is 23.4. The van der Waals surface area contributed by atoms with Crippen LogP contribution >= 0.6 is 11.6 Å². The quantitative estimate of drug-likeness (QED) is 0.574. The zero-order chi connectivity index (χ0) is 23.8. The number of aryl methyl sites for hydroxylation is 2. The van der Waals surface area contributed by atoms with Gasteiger partial charge in [-0.3, -0.25) is 4.79 Å². The van der Waals surface area contributed by atoms with E-state index in [2.05, 4.69) is 10.3 Å². The summed E-state index contributed by atoms with van der Waals surface area (Å²) in [4.78, 5) is 16.7. The summed E-state index contributed by atoms with van der Waals surface area (Å²) in [5.74, 6) is -1.14. The molecule has 0 unspecified atom stereocenters. The second-order valence-corrected chi connectivity index (χ2v) is 10.6. The summed E-state index contributed by atoms with van der Waals surface area (Å²) in [5, 5.41) is 3.22. The van der Waals surface area contributed by atoms with Crippen LogP contribution in [0.5, 0.6) is 0 Å². The molecule has 7 nitrogen and oxygen atoms in total. The van der Waals surface area contributed by atoms with E-state index in [0.717, 1.165) is 11.1 Å². The predicted octanol–water partition coefficient (Wildman–Crippen LogP) is 3.36. The SMILES string of the molecule is Cc1ccc(C(=O)NC[C@H]2CN(S(=O)(=O)c3cn(C)cn3)C[C@@H]2c2ccc(F)cc2)c(Cl)c1. The van der Waals surface area contributed by atoms with Gasteiger partial charge in [0, 0.05) is 38.8 Å². The summed E-state index contributed by atoms with van der Waals surface area (Å²) >= 11 is 6.22. The number of benzene rings is 2. The molecule has 1 saturated heterocycles. The first-order chi connectivity index (χ1) is 15.6. The highest BCUT2D eigenvalue weighted by Gasteiger charge is 2.41. The number of amides is 1. The van der Waals surface area contributed by atoms with Crippen molar-refractivity contribution in [3.63, 3.8) is 0 Å². The number of rotatable bonds is 6. The third kappa shape index (κ3) is 4.95. The van der Waals surface area contributed by atoms with Gasteiger partial charge in [-0.25, -0.2) is 17.8 Å².